The van der Waals surface area contributed by atoms with E-state index < -0.39 is 0 Å². The van der Waals surface area contributed by atoms with Gasteiger partial charge in [-0.05, 0) is 42.7 Å². The lowest BCUT2D eigenvalue weighted by Gasteiger charge is -2.12. The maximum atomic E-state index is 12.7. The number of hydrogen-bond acceptors (Lipinski definition) is 3. The van der Waals surface area contributed by atoms with Gasteiger partial charge in [0, 0.05) is 35.2 Å². The Kier molecular flexibility index (Phi) is 5.49. The first-order valence-electron chi connectivity index (χ1n) is 9.51. The largest absolute Gasteiger partial charge is 0.348 e. The van der Waals surface area contributed by atoms with Gasteiger partial charge in [0.2, 0.25) is 0 Å². The Morgan fingerprint density at radius 1 is 1.17 bits per heavy atom. The van der Waals surface area contributed by atoms with Crippen molar-refractivity contribution in [1.82, 2.24) is 14.9 Å². The van der Waals surface area contributed by atoms with Crippen molar-refractivity contribution in [1.29, 1.82) is 0 Å². The molecule has 29 heavy (non-hydrogen) atoms. The average Bonchev–Trinajstić information content (AvgIpc) is 3.32. The van der Waals surface area contributed by atoms with E-state index in [1.54, 1.807) is 18.3 Å². The molecular formula is C22H21BrN4O2. The Morgan fingerprint density at radius 2 is 2.00 bits per heavy atom. The van der Waals surface area contributed by atoms with Crippen LogP contribution in [0.5, 0.6) is 0 Å². The fraction of sp³-hybridized carbons (Fsp3) is 0.227. The third-order valence-corrected chi connectivity index (χ3v) is 5.87. The Morgan fingerprint density at radius 3 is 2.83 bits per heavy atom. The van der Waals surface area contributed by atoms with Gasteiger partial charge < -0.3 is 15.2 Å². The van der Waals surface area contributed by atoms with Crippen molar-refractivity contribution in [2.45, 2.75) is 32.9 Å². The molecule has 3 aromatic rings. The molecule has 1 aliphatic heterocycles. The number of anilines is 1. The second-order valence-corrected chi connectivity index (χ2v) is 7.93. The minimum atomic E-state index is -0.209. The van der Waals surface area contributed by atoms with E-state index in [1.165, 1.54) is 0 Å². The van der Waals surface area contributed by atoms with Crippen LogP contribution in [-0.4, -0.2) is 21.4 Å². The van der Waals surface area contributed by atoms with Crippen LogP contribution in [0.25, 0.3) is 0 Å². The van der Waals surface area contributed by atoms with Crippen molar-refractivity contribution in [2.75, 3.05) is 5.32 Å². The van der Waals surface area contributed by atoms with Gasteiger partial charge in [-0.2, -0.15) is 0 Å². The third kappa shape index (κ3) is 4.10. The van der Waals surface area contributed by atoms with Crippen LogP contribution < -0.4 is 10.6 Å². The predicted octanol–water partition coefficient (Wildman–Crippen LogP) is 4.08. The molecule has 6 nitrogen and oxygen atoms in total. The summed E-state index contributed by atoms with van der Waals surface area (Å²) in [6.45, 7) is 3.13. The lowest BCUT2D eigenvalue weighted by Crippen LogP contribution is -2.23. The van der Waals surface area contributed by atoms with Gasteiger partial charge in [0.05, 0.1) is 6.20 Å². The predicted molar refractivity (Wildman–Crippen MR) is 115 cm³/mol. The van der Waals surface area contributed by atoms with Gasteiger partial charge in [0.25, 0.3) is 11.8 Å². The molecule has 0 radical (unpaired) electrons. The number of benzene rings is 2. The minimum Gasteiger partial charge on any atom is -0.348 e. The highest BCUT2D eigenvalue weighted by atomic mass is 79.9. The quantitative estimate of drug-likeness (QED) is 0.611. The molecule has 0 bridgehead atoms. The third-order valence-electron chi connectivity index (χ3n) is 5.10. The molecule has 148 valence electrons. The summed E-state index contributed by atoms with van der Waals surface area (Å²) in [6.07, 6.45) is 3.53. The highest BCUT2D eigenvalue weighted by molar-refractivity contribution is 9.10. The molecule has 2 N–H and O–H groups in total. The monoisotopic (exact) mass is 452 g/mol. The van der Waals surface area contributed by atoms with Gasteiger partial charge in [-0.15, -0.1) is 0 Å². The summed E-state index contributed by atoms with van der Waals surface area (Å²) in [5, 5.41) is 5.86. The number of amides is 2. The summed E-state index contributed by atoms with van der Waals surface area (Å²) in [6, 6.07) is 13.1. The zero-order chi connectivity index (χ0) is 20.4. The van der Waals surface area contributed by atoms with Crippen LogP contribution in [0.15, 0.2) is 53.1 Å². The molecule has 0 unspecified atom stereocenters. The van der Waals surface area contributed by atoms with Gasteiger partial charge in [0.15, 0.2) is 0 Å². The van der Waals surface area contributed by atoms with E-state index in [1.807, 2.05) is 41.8 Å². The smallest absolute Gasteiger partial charge is 0.273 e. The van der Waals surface area contributed by atoms with Crippen molar-refractivity contribution in [3.05, 3.63) is 81.3 Å². The molecule has 7 heteroatoms. The van der Waals surface area contributed by atoms with E-state index >= 15 is 0 Å². The average molecular weight is 453 g/mol. The van der Waals surface area contributed by atoms with E-state index in [9.17, 15) is 9.59 Å². The van der Waals surface area contributed by atoms with Crippen LogP contribution in [0.4, 0.5) is 5.69 Å². The van der Waals surface area contributed by atoms with Crippen LogP contribution in [0.2, 0.25) is 0 Å². The maximum absolute atomic E-state index is 12.7. The second-order valence-electron chi connectivity index (χ2n) is 7.07. The Bertz CT molecular complexity index is 1090. The zero-order valence-corrected chi connectivity index (χ0v) is 17.6. The zero-order valence-electron chi connectivity index (χ0n) is 16.0. The number of aromatic nitrogens is 2. The van der Waals surface area contributed by atoms with Gasteiger partial charge >= 0.3 is 0 Å². The molecule has 1 aromatic heterocycles. The summed E-state index contributed by atoms with van der Waals surface area (Å²) >= 11 is 3.49. The molecule has 0 spiro atoms. The number of carbonyl (C=O) groups excluding carboxylic acids is 2. The molecule has 2 heterocycles. The number of nitrogens with one attached hydrogen (secondary N) is 2. The van der Waals surface area contributed by atoms with E-state index in [0.29, 0.717) is 23.5 Å². The minimum absolute atomic E-state index is 0.193. The van der Waals surface area contributed by atoms with E-state index in [0.717, 1.165) is 40.8 Å². The van der Waals surface area contributed by atoms with Crippen molar-refractivity contribution in [3.63, 3.8) is 0 Å². The standard InChI is InChI=1S/C22H21BrN4O2/c1-14-8-9-15(21(28)25-12-16-5-2-3-6-17(16)23)11-18(14)26-22(29)19-13-24-20-7-4-10-27(19)20/h2-3,5-6,8-9,11,13H,4,7,10,12H2,1H3,(H,25,28)(H,26,29). The number of aryl methyl sites for hydroxylation is 2. The lowest BCUT2D eigenvalue weighted by molar-refractivity contribution is 0.0949. The normalized spacial score (nSPS) is 12.5. The van der Waals surface area contributed by atoms with Gasteiger partial charge in [0.1, 0.15) is 11.5 Å². The van der Waals surface area contributed by atoms with Gasteiger partial charge in [-0.3, -0.25) is 9.59 Å². The Balaban J connectivity index is 1.47. The first-order valence-corrected chi connectivity index (χ1v) is 10.3. The highest BCUT2D eigenvalue weighted by Gasteiger charge is 2.21. The number of hydrogen-bond donors (Lipinski definition) is 2. The van der Waals surface area contributed by atoms with Gasteiger partial charge in [-0.1, -0.05) is 40.2 Å². The Hall–Kier alpha value is -2.93. The highest BCUT2D eigenvalue weighted by Crippen LogP contribution is 2.21. The number of imidazole rings is 1. The molecule has 0 fully saturated rings. The molecule has 0 aliphatic carbocycles. The van der Waals surface area contributed by atoms with Crippen LogP contribution in [0.3, 0.4) is 0 Å². The lowest BCUT2D eigenvalue weighted by atomic mass is 10.1. The summed E-state index contributed by atoms with van der Waals surface area (Å²) in [5.74, 6) is 0.549. The van der Waals surface area contributed by atoms with Crippen molar-refractivity contribution < 1.29 is 9.59 Å². The van der Waals surface area contributed by atoms with Crippen LogP contribution >= 0.6 is 15.9 Å². The summed E-state index contributed by atoms with van der Waals surface area (Å²) < 4.78 is 2.91. The topological polar surface area (TPSA) is 76.0 Å². The van der Waals surface area contributed by atoms with E-state index in [2.05, 4.69) is 31.5 Å². The fourth-order valence-corrected chi connectivity index (χ4v) is 3.87. The fourth-order valence-electron chi connectivity index (χ4n) is 3.44. The SMILES string of the molecule is Cc1ccc(C(=O)NCc2ccccc2Br)cc1NC(=O)c1cnc2n1CCC2. The Labute approximate surface area is 177 Å². The van der Waals surface area contributed by atoms with Crippen LogP contribution in [-0.2, 0) is 19.5 Å². The molecular weight excluding hydrogens is 432 g/mol. The number of nitrogens with zero attached hydrogens (tertiary/aromatic N) is 2. The molecule has 0 atom stereocenters. The van der Waals surface area contributed by atoms with E-state index in [-0.39, 0.29) is 11.8 Å². The number of fused-ring (bicyclic) bond motifs is 1. The molecule has 1 aliphatic rings. The molecule has 4 rings (SSSR count). The summed E-state index contributed by atoms with van der Waals surface area (Å²) in [4.78, 5) is 29.7. The van der Waals surface area contributed by atoms with Crippen molar-refractivity contribution in [3.8, 4) is 0 Å². The van der Waals surface area contributed by atoms with Gasteiger partial charge in [-0.25, -0.2) is 4.98 Å². The molecule has 2 aromatic carbocycles. The number of rotatable bonds is 5. The number of carbonyl (C=O) groups is 2. The second kappa shape index (κ2) is 8.21. The van der Waals surface area contributed by atoms with Crippen LogP contribution in [0.1, 0.15) is 44.2 Å². The first kappa shape index (κ1) is 19.4. The number of halogens is 1. The van der Waals surface area contributed by atoms with Crippen molar-refractivity contribution >= 4 is 33.4 Å². The molecule has 2 amide bonds. The van der Waals surface area contributed by atoms with Crippen LogP contribution in [0, 0.1) is 6.92 Å². The maximum Gasteiger partial charge on any atom is 0.273 e. The van der Waals surface area contributed by atoms with E-state index in [4.69, 9.17) is 0 Å². The summed E-state index contributed by atoms with van der Waals surface area (Å²) in [5.41, 5.74) is 3.56. The van der Waals surface area contributed by atoms with Crippen molar-refractivity contribution in [2.24, 2.45) is 0 Å². The molecule has 0 saturated carbocycles. The summed E-state index contributed by atoms with van der Waals surface area (Å²) in [7, 11) is 0. The molecule has 0 saturated heterocycles. The first-order chi connectivity index (χ1) is 14.0.